The lowest BCUT2D eigenvalue weighted by Gasteiger charge is -1.95. The normalized spacial score (nSPS) is 16.2. The van der Waals surface area contributed by atoms with Gasteiger partial charge in [-0.15, -0.1) is 0 Å². The van der Waals surface area contributed by atoms with E-state index in [-0.39, 0.29) is 5.78 Å². The Morgan fingerprint density at radius 2 is 2.38 bits per heavy atom. The Hall–Kier alpha value is -1.12. The second kappa shape index (κ2) is 2.98. The first-order valence-electron chi connectivity index (χ1n) is 4.69. The van der Waals surface area contributed by atoms with Crippen LogP contribution in [0.1, 0.15) is 37.1 Å². The highest BCUT2D eigenvalue weighted by molar-refractivity contribution is 5.77. The van der Waals surface area contributed by atoms with Crippen LogP contribution in [0.25, 0.3) is 0 Å². The summed E-state index contributed by atoms with van der Waals surface area (Å²) < 4.78 is 1.91. The number of carbonyl (C=O) groups is 1. The van der Waals surface area contributed by atoms with Gasteiger partial charge in [0.15, 0.2) is 0 Å². The summed E-state index contributed by atoms with van der Waals surface area (Å²) in [6, 6.07) is 2.07. The third-order valence-corrected chi connectivity index (χ3v) is 2.39. The molecule has 3 nitrogen and oxygen atoms in total. The van der Waals surface area contributed by atoms with Gasteiger partial charge in [0.25, 0.3) is 0 Å². The van der Waals surface area contributed by atoms with Crippen molar-refractivity contribution < 1.29 is 4.79 Å². The number of hydrogen-bond donors (Lipinski definition) is 0. The molecule has 1 aromatic rings. The monoisotopic (exact) mass is 178 g/mol. The molecule has 0 N–H and O–H groups in total. The van der Waals surface area contributed by atoms with Gasteiger partial charge in [0.2, 0.25) is 0 Å². The molecule has 0 unspecified atom stereocenters. The van der Waals surface area contributed by atoms with Crippen LogP contribution in [-0.4, -0.2) is 15.6 Å². The van der Waals surface area contributed by atoms with Crippen LogP contribution in [0.2, 0.25) is 0 Å². The zero-order chi connectivity index (χ0) is 9.42. The summed E-state index contributed by atoms with van der Waals surface area (Å²) in [4.78, 5) is 10.9. The Morgan fingerprint density at radius 3 is 2.92 bits per heavy atom. The Kier molecular flexibility index (Phi) is 1.94. The highest BCUT2D eigenvalue weighted by Crippen LogP contribution is 2.39. The standard InChI is InChI=1S/C10H14N2O/c1-7(13)5-9-6-10(8-3-4-8)12(2)11-9/h6,8H,3-5H2,1-2H3. The summed E-state index contributed by atoms with van der Waals surface area (Å²) in [6.07, 6.45) is 3.03. The van der Waals surface area contributed by atoms with Crippen LogP contribution < -0.4 is 0 Å². The molecule has 0 saturated heterocycles. The van der Waals surface area contributed by atoms with Gasteiger partial charge in [0.1, 0.15) is 5.78 Å². The van der Waals surface area contributed by atoms with Gasteiger partial charge in [-0.25, -0.2) is 0 Å². The number of rotatable bonds is 3. The topological polar surface area (TPSA) is 34.9 Å². The second-order valence-electron chi connectivity index (χ2n) is 3.84. The molecule has 1 fully saturated rings. The van der Waals surface area contributed by atoms with E-state index in [1.54, 1.807) is 6.92 Å². The number of Topliss-reactive ketones (excluding diaryl/α,β-unsaturated/α-hetero) is 1. The minimum absolute atomic E-state index is 0.181. The van der Waals surface area contributed by atoms with E-state index in [2.05, 4.69) is 11.2 Å². The maximum Gasteiger partial charge on any atom is 0.135 e. The van der Waals surface area contributed by atoms with Crippen molar-refractivity contribution in [3.8, 4) is 0 Å². The van der Waals surface area contributed by atoms with Gasteiger partial charge in [0, 0.05) is 18.7 Å². The van der Waals surface area contributed by atoms with Crippen molar-refractivity contribution in [1.29, 1.82) is 0 Å². The molecule has 1 aromatic heterocycles. The molecule has 1 heterocycles. The first-order valence-corrected chi connectivity index (χ1v) is 4.69. The Labute approximate surface area is 77.7 Å². The number of hydrogen-bond acceptors (Lipinski definition) is 2. The lowest BCUT2D eigenvalue weighted by molar-refractivity contribution is -0.116. The fourth-order valence-electron chi connectivity index (χ4n) is 1.65. The molecule has 0 radical (unpaired) electrons. The van der Waals surface area contributed by atoms with Gasteiger partial charge in [-0.2, -0.15) is 5.10 Å². The SMILES string of the molecule is CC(=O)Cc1cc(C2CC2)n(C)n1. The minimum Gasteiger partial charge on any atom is -0.300 e. The molecule has 70 valence electrons. The molecule has 1 aliphatic rings. The maximum atomic E-state index is 10.9. The van der Waals surface area contributed by atoms with E-state index in [9.17, 15) is 4.79 Å². The molecular formula is C10H14N2O. The summed E-state index contributed by atoms with van der Waals surface area (Å²) in [6.45, 7) is 1.60. The number of aromatic nitrogens is 2. The lowest BCUT2D eigenvalue weighted by atomic mass is 10.2. The van der Waals surface area contributed by atoms with Crippen molar-refractivity contribution in [3.63, 3.8) is 0 Å². The average molecular weight is 178 g/mol. The van der Waals surface area contributed by atoms with E-state index in [1.807, 2.05) is 11.7 Å². The van der Waals surface area contributed by atoms with Gasteiger partial charge in [-0.3, -0.25) is 9.48 Å². The molecule has 3 heteroatoms. The van der Waals surface area contributed by atoms with Crippen molar-refractivity contribution >= 4 is 5.78 Å². The first kappa shape index (κ1) is 8.48. The van der Waals surface area contributed by atoms with Crippen LogP contribution in [0.15, 0.2) is 6.07 Å². The molecule has 1 saturated carbocycles. The first-order chi connectivity index (χ1) is 6.16. The van der Waals surface area contributed by atoms with E-state index in [4.69, 9.17) is 0 Å². The number of carbonyl (C=O) groups excluding carboxylic acids is 1. The molecule has 0 spiro atoms. The Morgan fingerprint density at radius 1 is 1.69 bits per heavy atom. The quantitative estimate of drug-likeness (QED) is 0.701. The fourth-order valence-corrected chi connectivity index (χ4v) is 1.65. The van der Waals surface area contributed by atoms with Crippen molar-refractivity contribution in [3.05, 3.63) is 17.5 Å². The smallest absolute Gasteiger partial charge is 0.135 e. The molecule has 0 bridgehead atoms. The molecule has 1 aliphatic carbocycles. The van der Waals surface area contributed by atoms with E-state index < -0.39 is 0 Å². The van der Waals surface area contributed by atoms with E-state index in [0.717, 1.165) is 5.69 Å². The van der Waals surface area contributed by atoms with Gasteiger partial charge < -0.3 is 0 Å². The largest absolute Gasteiger partial charge is 0.300 e. The zero-order valence-electron chi connectivity index (χ0n) is 8.08. The van der Waals surface area contributed by atoms with Gasteiger partial charge in [-0.1, -0.05) is 0 Å². The van der Waals surface area contributed by atoms with Crippen LogP contribution in [-0.2, 0) is 18.3 Å². The Balaban J connectivity index is 2.19. The van der Waals surface area contributed by atoms with Crippen molar-refractivity contribution in [2.45, 2.75) is 32.1 Å². The van der Waals surface area contributed by atoms with E-state index >= 15 is 0 Å². The van der Waals surface area contributed by atoms with Crippen LogP contribution in [0.5, 0.6) is 0 Å². The summed E-state index contributed by atoms with van der Waals surface area (Å²) in [5.41, 5.74) is 2.20. The van der Waals surface area contributed by atoms with Crippen molar-refractivity contribution in [2.24, 2.45) is 7.05 Å². The third-order valence-electron chi connectivity index (χ3n) is 2.39. The Bertz CT molecular complexity index is 337. The summed E-state index contributed by atoms with van der Waals surface area (Å²) >= 11 is 0. The highest BCUT2D eigenvalue weighted by Gasteiger charge is 2.27. The summed E-state index contributed by atoms with van der Waals surface area (Å²) in [7, 11) is 1.96. The van der Waals surface area contributed by atoms with Crippen molar-refractivity contribution in [1.82, 2.24) is 9.78 Å². The van der Waals surface area contributed by atoms with E-state index in [1.165, 1.54) is 18.5 Å². The van der Waals surface area contributed by atoms with Gasteiger partial charge in [0.05, 0.1) is 12.1 Å². The van der Waals surface area contributed by atoms with Crippen LogP contribution in [0.4, 0.5) is 0 Å². The molecule has 2 rings (SSSR count). The number of aryl methyl sites for hydroxylation is 1. The van der Waals surface area contributed by atoms with Crippen LogP contribution >= 0.6 is 0 Å². The van der Waals surface area contributed by atoms with Crippen LogP contribution in [0, 0.1) is 0 Å². The average Bonchev–Trinajstić information content (AvgIpc) is 2.77. The van der Waals surface area contributed by atoms with Crippen molar-refractivity contribution in [2.75, 3.05) is 0 Å². The molecular weight excluding hydrogens is 164 g/mol. The molecule has 0 aliphatic heterocycles. The molecule has 0 aromatic carbocycles. The zero-order valence-corrected chi connectivity index (χ0v) is 8.08. The predicted molar refractivity (Wildman–Crippen MR) is 49.6 cm³/mol. The molecule has 0 amide bonds. The molecule has 13 heavy (non-hydrogen) atoms. The fraction of sp³-hybridized carbons (Fsp3) is 0.600. The molecule has 0 atom stereocenters. The number of nitrogens with zero attached hydrogens (tertiary/aromatic N) is 2. The third kappa shape index (κ3) is 1.79. The number of ketones is 1. The van der Waals surface area contributed by atoms with Gasteiger partial charge in [-0.05, 0) is 25.8 Å². The summed E-state index contributed by atoms with van der Waals surface area (Å²) in [5, 5.41) is 4.31. The predicted octanol–water partition coefficient (Wildman–Crippen LogP) is 1.43. The van der Waals surface area contributed by atoms with Crippen LogP contribution in [0.3, 0.4) is 0 Å². The lowest BCUT2D eigenvalue weighted by Crippen LogP contribution is -1.99. The second-order valence-corrected chi connectivity index (χ2v) is 3.84. The highest BCUT2D eigenvalue weighted by atomic mass is 16.1. The van der Waals surface area contributed by atoms with E-state index in [0.29, 0.717) is 12.3 Å². The summed E-state index contributed by atoms with van der Waals surface area (Å²) in [5.74, 6) is 0.888. The van der Waals surface area contributed by atoms with Gasteiger partial charge >= 0.3 is 0 Å². The maximum absolute atomic E-state index is 10.9. The minimum atomic E-state index is 0.181.